The van der Waals surface area contributed by atoms with Crippen molar-refractivity contribution in [1.82, 2.24) is 19.7 Å². The number of para-hydroxylation sites is 1. The molecule has 2 aromatic carbocycles. The van der Waals surface area contributed by atoms with Gasteiger partial charge in [0.05, 0.1) is 30.8 Å². The predicted molar refractivity (Wildman–Crippen MR) is 120 cm³/mol. The molecule has 4 rings (SSSR count). The van der Waals surface area contributed by atoms with Crippen molar-refractivity contribution in [3.8, 4) is 5.75 Å². The number of methoxy groups -OCH3 is 1. The van der Waals surface area contributed by atoms with Gasteiger partial charge in [-0.15, -0.1) is 0 Å². The van der Waals surface area contributed by atoms with E-state index in [1.165, 1.54) is 0 Å². The summed E-state index contributed by atoms with van der Waals surface area (Å²) in [5.74, 6) is 1.39. The number of nitrogens with zero attached hydrogens (tertiary/aromatic N) is 4. The molecule has 0 saturated carbocycles. The molecule has 0 unspecified atom stereocenters. The van der Waals surface area contributed by atoms with Crippen LogP contribution in [-0.4, -0.2) is 32.8 Å². The zero-order valence-electron chi connectivity index (χ0n) is 17.7. The van der Waals surface area contributed by atoms with E-state index in [1.807, 2.05) is 28.9 Å². The highest BCUT2D eigenvalue weighted by Crippen LogP contribution is 2.24. The first-order valence-electron chi connectivity index (χ1n) is 10.4. The molecule has 0 aliphatic carbocycles. The van der Waals surface area contributed by atoms with Crippen LogP contribution in [0.2, 0.25) is 0 Å². The fraction of sp³-hybridized carbons (Fsp3) is 0.250. The number of rotatable bonds is 8. The van der Waals surface area contributed by atoms with Gasteiger partial charge in [-0.25, -0.2) is 14.6 Å². The number of aromatic nitrogens is 4. The van der Waals surface area contributed by atoms with Crippen LogP contribution in [0.25, 0.3) is 11.0 Å². The molecule has 7 nitrogen and oxygen atoms in total. The number of aryl methyl sites for hydroxylation is 1. The molecule has 0 bridgehead atoms. The zero-order valence-corrected chi connectivity index (χ0v) is 17.7. The normalized spacial score (nSPS) is 10.9. The summed E-state index contributed by atoms with van der Waals surface area (Å²) < 4.78 is 7.18. The van der Waals surface area contributed by atoms with Crippen LogP contribution in [-0.2, 0) is 13.0 Å². The van der Waals surface area contributed by atoms with E-state index < -0.39 is 0 Å². The third-order valence-corrected chi connectivity index (χ3v) is 5.06. The maximum absolute atomic E-state index is 13.0. The number of nitrogens with one attached hydrogen (secondary N) is 1. The third kappa shape index (κ3) is 4.55. The van der Waals surface area contributed by atoms with Gasteiger partial charge in [-0.2, -0.15) is 5.10 Å². The van der Waals surface area contributed by atoms with E-state index in [9.17, 15) is 4.79 Å². The van der Waals surface area contributed by atoms with E-state index in [1.54, 1.807) is 31.5 Å². The average molecular weight is 415 g/mol. The number of carbonyl (C=O) groups excluding carboxylic acids is 1. The minimum atomic E-state index is -0.283. The lowest BCUT2D eigenvalue weighted by Gasteiger charge is -2.11. The summed E-state index contributed by atoms with van der Waals surface area (Å²) in [6.45, 7) is 2.72. The van der Waals surface area contributed by atoms with Crippen LogP contribution in [0.5, 0.6) is 5.75 Å². The molecule has 4 aromatic rings. The van der Waals surface area contributed by atoms with Gasteiger partial charge < -0.3 is 10.1 Å². The SMILES string of the molecule is CCCCc1nc(NC(=O)c2ccccc2OC)c2cnn(Cc3ccccc3)c2n1. The van der Waals surface area contributed by atoms with Gasteiger partial charge >= 0.3 is 0 Å². The maximum atomic E-state index is 13.0. The Balaban J connectivity index is 1.72. The fourth-order valence-corrected chi connectivity index (χ4v) is 3.42. The number of hydrogen-bond acceptors (Lipinski definition) is 5. The summed E-state index contributed by atoms with van der Waals surface area (Å²) in [5.41, 5.74) is 2.28. The molecule has 31 heavy (non-hydrogen) atoms. The van der Waals surface area contributed by atoms with E-state index in [0.717, 1.165) is 24.8 Å². The van der Waals surface area contributed by atoms with Gasteiger partial charge in [0.1, 0.15) is 17.4 Å². The minimum Gasteiger partial charge on any atom is -0.496 e. The monoisotopic (exact) mass is 415 g/mol. The number of unbranched alkanes of at least 4 members (excludes halogenated alkanes) is 1. The second-order valence-electron chi connectivity index (χ2n) is 7.27. The highest BCUT2D eigenvalue weighted by Gasteiger charge is 2.18. The van der Waals surface area contributed by atoms with E-state index in [2.05, 4.69) is 34.5 Å². The Morgan fingerprint density at radius 3 is 2.61 bits per heavy atom. The Morgan fingerprint density at radius 2 is 1.84 bits per heavy atom. The number of fused-ring (bicyclic) bond motifs is 1. The highest BCUT2D eigenvalue weighted by molar-refractivity contribution is 6.08. The lowest BCUT2D eigenvalue weighted by atomic mass is 10.2. The molecule has 0 atom stereocenters. The van der Waals surface area contributed by atoms with Gasteiger partial charge in [-0.3, -0.25) is 4.79 Å². The van der Waals surface area contributed by atoms with Gasteiger partial charge in [0.15, 0.2) is 5.65 Å². The van der Waals surface area contributed by atoms with Crippen LogP contribution >= 0.6 is 0 Å². The van der Waals surface area contributed by atoms with Crippen molar-refractivity contribution in [2.75, 3.05) is 12.4 Å². The largest absolute Gasteiger partial charge is 0.496 e. The van der Waals surface area contributed by atoms with E-state index in [4.69, 9.17) is 9.72 Å². The van der Waals surface area contributed by atoms with Gasteiger partial charge in [0.25, 0.3) is 5.91 Å². The fourth-order valence-electron chi connectivity index (χ4n) is 3.42. The van der Waals surface area contributed by atoms with Crippen LogP contribution in [0, 0.1) is 0 Å². The highest BCUT2D eigenvalue weighted by atomic mass is 16.5. The van der Waals surface area contributed by atoms with Crippen LogP contribution in [0.1, 0.15) is 41.5 Å². The van der Waals surface area contributed by atoms with E-state index in [0.29, 0.717) is 40.5 Å². The Kier molecular flexibility index (Phi) is 6.21. The molecule has 1 amide bonds. The first-order chi connectivity index (χ1) is 15.2. The summed E-state index contributed by atoms with van der Waals surface area (Å²) in [6, 6.07) is 17.2. The van der Waals surface area contributed by atoms with Crippen molar-refractivity contribution < 1.29 is 9.53 Å². The first-order valence-corrected chi connectivity index (χ1v) is 10.4. The van der Waals surface area contributed by atoms with Crippen LogP contribution in [0.4, 0.5) is 5.82 Å². The molecule has 0 spiro atoms. The van der Waals surface area contributed by atoms with Gasteiger partial charge in [0, 0.05) is 6.42 Å². The molecule has 0 radical (unpaired) electrons. The van der Waals surface area contributed by atoms with Crippen LogP contribution < -0.4 is 10.1 Å². The molecule has 2 aromatic heterocycles. The molecule has 0 fully saturated rings. The van der Waals surface area contributed by atoms with Crippen molar-refractivity contribution in [3.05, 3.63) is 77.7 Å². The van der Waals surface area contributed by atoms with Crippen LogP contribution in [0.15, 0.2) is 60.8 Å². The second kappa shape index (κ2) is 9.38. The molecule has 2 heterocycles. The number of ether oxygens (including phenoxy) is 1. The summed E-state index contributed by atoms with van der Waals surface area (Å²) in [5, 5.41) is 8.18. The number of benzene rings is 2. The van der Waals surface area contributed by atoms with Gasteiger partial charge in [-0.05, 0) is 24.1 Å². The molecule has 7 heteroatoms. The summed E-state index contributed by atoms with van der Waals surface area (Å²) in [6.07, 6.45) is 4.45. The molecule has 158 valence electrons. The van der Waals surface area contributed by atoms with Gasteiger partial charge in [-0.1, -0.05) is 55.8 Å². The quantitative estimate of drug-likeness (QED) is 0.459. The maximum Gasteiger partial charge on any atom is 0.260 e. The minimum absolute atomic E-state index is 0.283. The Bertz CT molecular complexity index is 1190. The molecule has 1 N–H and O–H groups in total. The smallest absolute Gasteiger partial charge is 0.260 e. The Morgan fingerprint density at radius 1 is 1.06 bits per heavy atom. The van der Waals surface area contributed by atoms with Gasteiger partial charge in [0.2, 0.25) is 0 Å². The topological polar surface area (TPSA) is 81.9 Å². The molecular formula is C24H25N5O2. The van der Waals surface area contributed by atoms with Crippen molar-refractivity contribution in [1.29, 1.82) is 0 Å². The number of hydrogen-bond donors (Lipinski definition) is 1. The Labute approximate surface area is 181 Å². The lowest BCUT2D eigenvalue weighted by Crippen LogP contribution is -2.15. The lowest BCUT2D eigenvalue weighted by molar-refractivity contribution is 0.102. The molecule has 0 aliphatic rings. The predicted octanol–water partition coefficient (Wildman–Crippen LogP) is 4.48. The first kappa shape index (κ1) is 20.5. The zero-order chi connectivity index (χ0) is 21.6. The summed E-state index contributed by atoms with van der Waals surface area (Å²) in [7, 11) is 1.55. The number of anilines is 1. The molecule has 0 aliphatic heterocycles. The van der Waals surface area contributed by atoms with Crippen molar-refractivity contribution in [2.24, 2.45) is 0 Å². The summed E-state index contributed by atoms with van der Waals surface area (Å²) >= 11 is 0. The standard InChI is InChI=1S/C24H25N5O2/c1-3-4-14-21-26-22(28-24(30)18-12-8-9-13-20(18)31-2)19-15-25-29(23(19)27-21)16-17-10-6-5-7-11-17/h5-13,15H,3-4,14,16H2,1-2H3,(H,26,27,28,30). The van der Waals surface area contributed by atoms with Crippen LogP contribution in [0.3, 0.4) is 0 Å². The molecule has 0 saturated heterocycles. The van der Waals surface area contributed by atoms with Crippen molar-refractivity contribution in [3.63, 3.8) is 0 Å². The van der Waals surface area contributed by atoms with E-state index >= 15 is 0 Å². The third-order valence-electron chi connectivity index (χ3n) is 5.06. The van der Waals surface area contributed by atoms with Crippen molar-refractivity contribution in [2.45, 2.75) is 32.7 Å². The van der Waals surface area contributed by atoms with Crippen molar-refractivity contribution >= 4 is 22.8 Å². The average Bonchev–Trinajstić information content (AvgIpc) is 3.21. The number of carbonyl (C=O) groups is 1. The second-order valence-corrected chi connectivity index (χ2v) is 7.27. The van der Waals surface area contributed by atoms with E-state index in [-0.39, 0.29) is 5.91 Å². The molecular weight excluding hydrogens is 390 g/mol. The number of amides is 1. The summed E-state index contributed by atoms with van der Waals surface area (Å²) in [4.78, 5) is 22.4. The Hall–Kier alpha value is -3.74.